The van der Waals surface area contributed by atoms with E-state index in [1.54, 1.807) is 14.2 Å². The van der Waals surface area contributed by atoms with Gasteiger partial charge in [-0.25, -0.2) is 0 Å². The predicted octanol–water partition coefficient (Wildman–Crippen LogP) is 3.34. The number of aliphatic hydroxyl groups is 2. The maximum atomic E-state index is 9.54. The second kappa shape index (κ2) is 9.30. The van der Waals surface area contributed by atoms with Gasteiger partial charge in [-0.05, 0) is 60.1 Å². The fraction of sp³-hybridized carbons (Fsp3) is 0.400. The number of hydrogen-bond acceptors (Lipinski definition) is 4. The molecule has 0 fully saturated rings. The van der Waals surface area contributed by atoms with Gasteiger partial charge in [0.05, 0.1) is 14.2 Å². The highest BCUT2D eigenvalue weighted by atomic mass is 16.5. The van der Waals surface area contributed by atoms with Gasteiger partial charge in [-0.3, -0.25) is 0 Å². The molecule has 0 unspecified atom stereocenters. The summed E-state index contributed by atoms with van der Waals surface area (Å²) < 4.78 is 10.4. The van der Waals surface area contributed by atoms with Crippen LogP contribution in [0.25, 0.3) is 0 Å². The van der Waals surface area contributed by atoms with Gasteiger partial charge >= 0.3 is 0 Å². The molecule has 0 amide bonds. The van der Waals surface area contributed by atoms with Crippen molar-refractivity contribution in [2.75, 3.05) is 27.4 Å². The number of aliphatic hydroxyl groups excluding tert-OH is 2. The summed E-state index contributed by atoms with van der Waals surface area (Å²) in [6.45, 7) is 0.212. The van der Waals surface area contributed by atoms with E-state index in [0.29, 0.717) is 12.8 Å². The van der Waals surface area contributed by atoms with Gasteiger partial charge in [0.25, 0.3) is 0 Å². The lowest BCUT2D eigenvalue weighted by atomic mass is 9.78. The van der Waals surface area contributed by atoms with Crippen LogP contribution in [-0.2, 0) is 0 Å². The summed E-state index contributed by atoms with van der Waals surface area (Å²) in [7, 11) is 3.29. The third-order valence-electron chi connectivity index (χ3n) is 4.45. The Labute approximate surface area is 143 Å². The van der Waals surface area contributed by atoms with E-state index in [1.165, 1.54) is 0 Å². The average Bonchev–Trinajstić information content (AvgIpc) is 2.65. The molecular weight excluding hydrogens is 304 g/mol. The van der Waals surface area contributed by atoms with Gasteiger partial charge in [-0.15, -0.1) is 0 Å². The molecule has 0 saturated carbocycles. The maximum absolute atomic E-state index is 9.54. The molecule has 0 saturated heterocycles. The first kappa shape index (κ1) is 18.3. The topological polar surface area (TPSA) is 58.9 Å². The van der Waals surface area contributed by atoms with Crippen molar-refractivity contribution in [3.63, 3.8) is 0 Å². The highest BCUT2D eigenvalue weighted by Crippen LogP contribution is 2.38. The first-order valence-electron chi connectivity index (χ1n) is 8.23. The molecule has 0 radical (unpaired) electrons. The van der Waals surface area contributed by atoms with Crippen LogP contribution in [0.3, 0.4) is 0 Å². The average molecular weight is 330 g/mol. The predicted molar refractivity (Wildman–Crippen MR) is 94.9 cm³/mol. The second-order valence-corrected chi connectivity index (χ2v) is 5.78. The van der Waals surface area contributed by atoms with Crippen molar-refractivity contribution in [1.29, 1.82) is 0 Å². The van der Waals surface area contributed by atoms with Crippen LogP contribution < -0.4 is 9.47 Å². The Kier molecular flexibility index (Phi) is 7.09. The largest absolute Gasteiger partial charge is 0.497 e. The van der Waals surface area contributed by atoms with E-state index in [0.717, 1.165) is 22.6 Å². The Hall–Kier alpha value is -2.04. The molecule has 0 aliphatic carbocycles. The van der Waals surface area contributed by atoms with Crippen LogP contribution in [0, 0.1) is 0 Å². The Morgan fingerprint density at radius 1 is 0.667 bits per heavy atom. The minimum absolute atomic E-state index is 0.106. The molecule has 2 aromatic rings. The Balaban J connectivity index is 2.33. The Morgan fingerprint density at radius 3 is 1.25 bits per heavy atom. The zero-order chi connectivity index (χ0) is 17.4. The minimum Gasteiger partial charge on any atom is -0.497 e. The Bertz CT molecular complexity index is 537. The molecule has 2 rings (SSSR count). The molecule has 24 heavy (non-hydrogen) atoms. The van der Waals surface area contributed by atoms with E-state index in [9.17, 15) is 10.2 Å². The van der Waals surface area contributed by atoms with E-state index in [1.807, 2.05) is 48.5 Å². The molecule has 0 aliphatic heterocycles. The standard InChI is InChI=1S/C20H26O4/c1-23-17-7-3-15(4-8-17)19(11-13-21)20(12-14-22)16-5-9-18(24-2)10-6-16/h3-10,19-22H,11-14H2,1-2H3/t19-,20-/m0/s1. The van der Waals surface area contributed by atoms with Gasteiger partial charge in [0.2, 0.25) is 0 Å². The molecule has 0 aliphatic rings. The minimum atomic E-state index is 0.106. The summed E-state index contributed by atoms with van der Waals surface area (Å²) in [5, 5.41) is 19.1. The van der Waals surface area contributed by atoms with Crippen molar-refractivity contribution in [2.45, 2.75) is 24.7 Å². The lowest BCUT2D eigenvalue weighted by Crippen LogP contribution is -2.15. The number of ether oxygens (including phenoxy) is 2. The molecule has 130 valence electrons. The normalized spacial score (nSPS) is 13.3. The molecule has 0 aromatic heterocycles. The molecule has 0 heterocycles. The van der Waals surface area contributed by atoms with Crippen LogP contribution in [0.15, 0.2) is 48.5 Å². The lowest BCUT2D eigenvalue weighted by molar-refractivity contribution is 0.240. The summed E-state index contributed by atoms with van der Waals surface area (Å²) in [6.07, 6.45) is 1.28. The first-order chi connectivity index (χ1) is 11.7. The third-order valence-corrected chi connectivity index (χ3v) is 4.45. The van der Waals surface area contributed by atoms with E-state index < -0.39 is 0 Å². The molecule has 0 spiro atoms. The summed E-state index contributed by atoms with van der Waals surface area (Å²) in [4.78, 5) is 0. The van der Waals surface area contributed by atoms with Gasteiger partial charge < -0.3 is 19.7 Å². The molecule has 2 atom stereocenters. The third kappa shape index (κ3) is 4.49. The maximum Gasteiger partial charge on any atom is 0.118 e. The van der Waals surface area contributed by atoms with Crippen molar-refractivity contribution in [2.24, 2.45) is 0 Å². The van der Waals surface area contributed by atoms with Crippen molar-refractivity contribution in [3.05, 3.63) is 59.7 Å². The van der Waals surface area contributed by atoms with Crippen LogP contribution in [0.1, 0.15) is 35.8 Å². The highest BCUT2D eigenvalue weighted by molar-refractivity contribution is 5.35. The van der Waals surface area contributed by atoms with Gasteiger partial charge in [-0.2, -0.15) is 0 Å². The van der Waals surface area contributed by atoms with Crippen LogP contribution in [0.5, 0.6) is 11.5 Å². The van der Waals surface area contributed by atoms with Crippen LogP contribution in [0.4, 0.5) is 0 Å². The highest BCUT2D eigenvalue weighted by Gasteiger charge is 2.24. The van der Waals surface area contributed by atoms with Crippen LogP contribution in [-0.4, -0.2) is 37.6 Å². The molecule has 2 aromatic carbocycles. The fourth-order valence-electron chi connectivity index (χ4n) is 3.18. The van der Waals surface area contributed by atoms with E-state index in [4.69, 9.17) is 9.47 Å². The quantitative estimate of drug-likeness (QED) is 0.740. The van der Waals surface area contributed by atoms with Gasteiger partial charge in [-0.1, -0.05) is 24.3 Å². The number of benzene rings is 2. The fourth-order valence-corrected chi connectivity index (χ4v) is 3.18. The smallest absolute Gasteiger partial charge is 0.118 e. The summed E-state index contributed by atoms with van der Waals surface area (Å²) in [5.74, 6) is 1.87. The SMILES string of the molecule is COc1ccc([C@H](CCO)[C@@H](CCO)c2ccc(OC)cc2)cc1. The van der Waals surface area contributed by atoms with E-state index >= 15 is 0 Å². The molecule has 0 bridgehead atoms. The zero-order valence-electron chi connectivity index (χ0n) is 14.3. The van der Waals surface area contributed by atoms with Gasteiger partial charge in [0.15, 0.2) is 0 Å². The number of methoxy groups -OCH3 is 2. The molecule has 4 heteroatoms. The Morgan fingerprint density at radius 2 is 1.00 bits per heavy atom. The van der Waals surface area contributed by atoms with Crippen LogP contribution in [0.2, 0.25) is 0 Å². The first-order valence-corrected chi connectivity index (χ1v) is 8.23. The van der Waals surface area contributed by atoms with Crippen molar-refractivity contribution in [1.82, 2.24) is 0 Å². The second-order valence-electron chi connectivity index (χ2n) is 5.78. The number of hydrogen-bond donors (Lipinski definition) is 2. The summed E-state index contributed by atoms with van der Waals surface area (Å²) >= 11 is 0. The van der Waals surface area contributed by atoms with E-state index in [2.05, 4.69) is 0 Å². The van der Waals surface area contributed by atoms with Crippen LogP contribution >= 0.6 is 0 Å². The molecular formula is C20H26O4. The molecule has 2 N–H and O–H groups in total. The zero-order valence-corrected chi connectivity index (χ0v) is 14.3. The summed E-state index contributed by atoms with van der Waals surface area (Å²) in [5.41, 5.74) is 2.28. The van der Waals surface area contributed by atoms with E-state index in [-0.39, 0.29) is 25.0 Å². The number of rotatable bonds is 9. The van der Waals surface area contributed by atoms with Crippen molar-refractivity contribution >= 4 is 0 Å². The monoisotopic (exact) mass is 330 g/mol. The van der Waals surface area contributed by atoms with Crippen molar-refractivity contribution < 1.29 is 19.7 Å². The lowest BCUT2D eigenvalue weighted by Gasteiger charge is -2.27. The van der Waals surface area contributed by atoms with Gasteiger partial charge in [0, 0.05) is 13.2 Å². The van der Waals surface area contributed by atoms with Crippen molar-refractivity contribution in [3.8, 4) is 11.5 Å². The summed E-state index contributed by atoms with van der Waals surface area (Å²) in [6, 6.07) is 15.9. The molecule has 4 nitrogen and oxygen atoms in total. The van der Waals surface area contributed by atoms with Gasteiger partial charge in [0.1, 0.15) is 11.5 Å².